The summed E-state index contributed by atoms with van der Waals surface area (Å²) in [6, 6.07) is 63.0. The lowest BCUT2D eigenvalue weighted by Crippen LogP contribution is -2.37. The Morgan fingerprint density at radius 3 is 1.82 bits per heavy atom. The molecular formula is C56H49N3Si. The number of nitrogens with zero attached hydrogens (tertiary/aromatic N) is 3. The van der Waals surface area contributed by atoms with Gasteiger partial charge in [-0.1, -0.05) is 149 Å². The molecule has 0 aliphatic carbocycles. The summed E-state index contributed by atoms with van der Waals surface area (Å²) in [5.41, 5.74) is 13.8. The van der Waals surface area contributed by atoms with E-state index in [1.54, 1.807) is 0 Å². The van der Waals surface area contributed by atoms with E-state index in [2.05, 4.69) is 208 Å². The number of hydrogen-bond acceptors (Lipinski definition) is 3. The van der Waals surface area contributed by atoms with Gasteiger partial charge in [-0.05, 0) is 127 Å². The number of fused-ring (bicyclic) bond motifs is 1. The van der Waals surface area contributed by atoms with Gasteiger partial charge in [-0.25, -0.2) is 0 Å². The highest BCUT2D eigenvalue weighted by atomic mass is 28.3. The third kappa shape index (κ3) is 6.51. The summed E-state index contributed by atoms with van der Waals surface area (Å²) in [5, 5.41) is 18.8. The maximum absolute atomic E-state index is 9.85. The standard InChI is InChI=1S/C56H49N3Si/c1-56(2,3)45-21-13-38(14-22-45)43-33-44(39-15-25-48(26-16-39)60(4,5)6)35-47(34-43)59(46-23-11-37(36-57)12-24-46)53-30-20-42-17-27-49-52(58-32-31-40-9-7-8-10-51(40)58)29-19-41-18-28-50(53)55(42)54(41)49/h7-30,33-35H,31-32H2,1-6H3. The lowest BCUT2D eigenvalue weighted by atomic mass is 9.86. The normalized spacial score (nSPS) is 13.0. The van der Waals surface area contributed by atoms with Gasteiger partial charge in [0.05, 0.1) is 25.4 Å². The Hall–Kier alpha value is -6.67. The van der Waals surface area contributed by atoms with E-state index in [9.17, 15) is 5.26 Å². The van der Waals surface area contributed by atoms with Crippen LogP contribution in [0.15, 0.2) is 164 Å². The summed E-state index contributed by atoms with van der Waals surface area (Å²) in [6.45, 7) is 15.0. The number of rotatable bonds is 7. The van der Waals surface area contributed by atoms with Crippen molar-refractivity contribution in [2.24, 2.45) is 0 Å². The second-order valence-corrected chi connectivity index (χ2v) is 23.6. The Balaban J connectivity index is 1.21. The molecule has 1 heterocycles. The zero-order chi connectivity index (χ0) is 41.3. The molecule has 4 heteroatoms. The molecule has 0 fully saturated rings. The maximum Gasteiger partial charge on any atom is 0.0991 e. The SMILES string of the molecule is CC(C)(C)c1ccc(-c2cc(-c3ccc([Si](C)(C)C)cc3)cc(N(c3ccc(C#N)cc3)c3ccc4ccc5c(N6CCc7ccccc76)ccc6ccc3c4c65)c2)cc1. The monoisotopic (exact) mass is 791 g/mol. The molecule has 9 aromatic carbocycles. The van der Waals surface area contributed by atoms with Crippen molar-refractivity contribution >= 4 is 74.0 Å². The van der Waals surface area contributed by atoms with Gasteiger partial charge in [-0.3, -0.25) is 0 Å². The van der Waals surface area contributed by atoms with Crippen LogP contribution in [0.2, 0.25) is 19.6 Å². The Morgan fingerprint density at radius 2 is 1.17 bits per heavy atom. The molecule has 0 bridgehead atoms. The molecule has 0 atom stereocenters. The van der Waals surface area contributed by atoms with E-state index in [4.69, 9.17) is 0 Å². The van der Waals surface area contributed by atoms with Crippen molar-refractivity contribution in [3.8, 4) is 28.3 Å². The molecule has 1 aliphatic rings. The molecule has 3 nitrogen and oxygen atoms in total. The zero-order valence-electron chi connectivity index (χ0n) is 35.3. The summed E-state index contributed by atoms with van der Waals surface area (Å²) in [6.07, 6.45) is 1.05. The van der Waals surface area contributed by atoms with Crippen molar-refractivity contribution in [2.45, 2.75) is 52.2 Å². The van der Waals surface area contributed by atoms with Gasteiger partial charge in [0.25, 0.3) is 0 Å². The maximum atomic E-state index is 9.85. The molecule has 0 radical (unpaired) electrons. The summed E-state index contributed by atoms with van der Waals surface area (Å²) in [5.74, 6) is 0. The van der Waals surface area contributed by atoms with Crippen LogP contribution < -0.4 is 15.0 Å². The molecule has 9 aromatic rings. The highest BCUT2D eigenvalue weighted by molar-refractivity contribution is 6.88. The van der Waals surface area contributed by atoms with Gasteiger partial charge >= 0.3 is 0 Å². The highest BCUT2D eigenvalue weighted by Gasteiger charge is 2.25. The van der Waals surface area contributed by atoms with E-state index in [1.807, 2.05) is 12.1 Å². The second-order valence-electron chi connectivity index (χ2n) is 18.5. The summed E-state index contributed by atoms with van der Waals surface area (Å²) >= 11 is 0. The van der Waals surface area contributed by atoms with Crippen molar-refractivity contribution in [3.63, 3.8) is 0 Å². The number of hydrogen-bond donors (Lipinski definition) is 0. The summed E-state index contributed by atoms with van der Waals surface area (Å²) in [4.78, 5) is 4.90. The van der Waals surface area contributed by atoms with Crippen LogP contribution in [0.25, 0.3) is 54.6 Å². The van der Waals surface area contributed by atoms with Gasteiger partial charge < -0.3 is 9.80 Å². The average Bonchev–Trinajstić information content (AvgIpc) is 3.69. The van der Waals surface area contributed by atoms with Gasteiger partial charge in [0, 0.05) is 40.1 Å². The van der Waals surface area contributed by atoms with Gasteiger partial charge in [0.15, 0.2) is 0 Å². The molecule has 0 amide bonds. The fourth-order valence-electron chi connectivity index (χ4n) is 9.30. The van der Waals surface area contributed by atoms with Crippen molar-refractivity contribution in [1.82, 2.24) is 0 Å². The van der Waals surface area contributed by atoms with E-state index in [0.29, 0.717) is 5.56 Å². The molecular weight excluding hydrogens is 743 g/mol. The van der Waals surface area contributed by atoms with Crippen molar-refractivity contribution in [1.29, 1.82) is 5.26 Å². The number of para-hydroxylation sites is 1. The van der Waals surface area contributed by atoms with E-state index >= 15 is 0 Å². The molecule has 0 saturated heterocycles. The third-order valence-corrected chi connectivity index (χ3v) is 14.7. The Kier molecular flexibility index (Phi) is 8.93. The molecule has 0 spiro atoms. The molecule has 0 saturated carbocycles. The van der Waals surface area contributed by atoms with Crippen molar-refractivity contribution in [2.75, 3.05) is 16.3 Å². The molecule has 0 unspecified atom stereocenters. The predicted octanol–water partition coefficient (Wildman–Crippen LogP) is 14.8. The zero-order valence-corrected chi connectivity index (χ0v) is 36.3. The highest BCUT2D eigenvalue weighted by Crippen LogP contribution is 2.48. The van der Waals surface area contributed by atoms with Crippen LogP contribution in [-0.2, 0) is 11.8 Å². The number of anilines is 5. The van der Waals surface area contributed by atoms with Crippen molar-refractivity contribution in [3.05, 3.63) is 180 Å². The van der Waals surface area contributed by atoms with Crippen LogP contribution >= 0.6 is 0 Å². The van der Waals surface area contributed by atoms with Gasteiger partial charge in [-0.15, -0.1) is 0 Å². The molecule has 10 rings (SSSR count). The van der Waals surface area contributed by atoms with Crippen LogP contribution in [0, 0.1) is 11.3 Å². The Bertz CT molecular complexity index is 3030. The summed E-state index contributed by atoms with van der Waals surface area (Å²) < 4.78 is 0. The first-order valence-corrected chi connectivity index (χ1v) is 24.7. The minimum Gasteiger partial charge on any atom is -0.340 e. The fraction of sp³-hybridized carbons (Fsp3) is 0.161. The number of nitriles is 1. The average molecular weight is 792 g/mol. The molecule has 292 valence electrons. The molecule has 1 aliphatic heterocycles. The van der Waals surface area contributed by atoms with E-state index in [1.165, 1.54) is 71.1 Å². The topological polar surface area (TPSA) is 30.3 Å². The van der Waals surface area contributed by atoms with Crippen LogP contribution in [0.1, 0.15) is 37.5 Å². The van der Waals surface area contributed by atoms with Crippen LogP contribution in [0.3, 0.4) is 0 Å². The second kappa shape index (κ2) is 14.3. The fourth-order valence-corrected chi connectivity index (χ4v) is 10.5. The van der Waals surface area contributed by atoms with E-state index < -0.39 is 8.07 Å². The largest absolute Gasteiger partial charge is 0.340 e. The van der Waals surface area contributed by atoms with Crippen LogP contribution in [0.5, 0.6) is 0 Å². The summed E-state index contributed by atoms with van der Waals surface area (Å²) in [7, 11) is -1.48. The predicted molar refractivity (Wildman–Crippen MR) is 259 cm³/mol. The quantitative estimate of drug-likeness (QED) is 0.119. The van der Waals surface area contributed by atoms with Crippen molar-refractivity contribution < 1.29 is 0 Å². The van der Waals surface area contributed by atoms with Gasteiger partial charge in [-0.2, -0.15) is 5.26 Å². The number of benzene rings is 9. The first-order valence-electron chi connectivity index (χ1n) is 21.2. The van der Waals surface area contributed by atoms with Gasteiger partial charge in [0.1, 0.15) is 0 Å². The van der Waals surface area contributed by atoms with Crippen LogP contribution in [0.4, 0.5) is 28.4 Å². The van der Waals surface area contributed by atoms with E-state index in [-0.39, 0.29) is 5.41 Å². The molecule has 0 N–H and O–H groups in total. The molecule has 60 heavy (non-hydrogen) atoms. The van der Waals surface area contributed by atoms with E-state index in [0.717, 1.165) is 41.2 Å². The smallest absolute Gasteiger partial charge is 0.0991 e. The first kappa shape index (κ1) is 37.6. The first-order chi connectivity index (χ1) is 28.9. The minimum atomic E-state index is -1.48. The third-order valence-electron chi connectivity index (χ3n) is 12.6. The lowest BCUT2D eigenvalue weighted by Gasteiger charge is -2.29. The Labute approximate surface area is 355 Å². The van der Waals surface area contributed by atoms with Crippen LogP contribution in [-0.4, -0.2) is 14.6 Å². The minimum absolute atomic E-state index is 0.0603. The van der Waals surface area contributed by atoms with Gasteiger partial charge in [0.2, 0.25) is 0 Å². The Morgan fingerprint density at radius 1 is 0.567 bits per heavy atom. The lowest BCUT2D eigenvalue weighted by molar-refractivity contribution is 0.590. The molecule has 0 aromatic heterocycles.